The van der Waals surface area contributed by atoms with Crippen LogP contribution >= 0.6 is 0 Å². The van der Waals surface area contributed by atoms with Crippen molar-refractivity contribution in [3.63, 3.8) is 0 Å². The predicted molar refractivity (Wildman–Crippen MR) is 151 cm³/mol. The second-order valence-electron chi connectivity index (χ2n) is 10.4. The third-order valence-electron chi connectivity index (χ3n) is 7.36. The second-order valence-corrected chi connectivity index (χ2v) is 10.4. The van der Waals surface area contributed by atoms with Crippen molar-refractivity contribution in [2.24, 2.45) is 0 Å². The van der Waals surface area contributed by atoms with E-state index >= 15 is 0 Å². The van der Waals surface area contributed by atoms with Crippen LogP contribution in [0.3, 0.4) is 0 Å². The van der Waals surface area contributed by atoms with E-state index in [1.807, 2.05) is 12.1 Å². The van der Waals surface area contributed by atoms with E-state index in [2.05, 4.69) is 10.6 Å². The van der Waals surface area contributed by atoms with Gasteiger partial charge < -0.3 is 20.8 Å². The Labute approximate surface area is 245 Å². The van der Waals surface area contributed by atoms with E-state index < -0.39 is 53.8 Å². The maximum absolute atomic E-state index is 14.5. The van der Waals surface area contributed by atoms with Gasteiger partial charge in [-0.25, -0.2) is 14.0 Å². The van der Waals surface area contributed by atoms with Gasteiger partial charge in [0.25, 0.3) is 5.91 Å². The number of urea groups is 1. The van der Waals surface area contributed by atoms with Gasteiger partial charge in [0.15, 0.2) is 6.10 Å². The Hall–Kier alpha value is -4.45. The number of nitrogens with one attached hydrogen (secondary N) is 2. The van der Waals surface area contributed by atoms with Crippen molar-refractivity contribution in [1.29, 1.82) is 0 Å². The normalized spacial score (nSPS) is 14.5. The van der Waals surface area contributed by atoms with Crippen molar-refractivity contribution in [3.8, 4) is 0 Å². The zero-order valence-corrected chi connectivity index (χ0v) is 23.0. The maximum atomic E-state index is 14.5. The molecule has 0 radical (unpaired) electrons. The van der Waals surface area contributed by atoms with Gasteiger partial charge in [-0.3, -0.25) is 9.69 Å². The predicted octanol–water partition coefficient (Wildman–Crippen LogP) is 6.31. The summed E-state index contributed by atoms with van der Waals surface area (Å²) in [5, 5.41) is 22.7. The Morgan fingerprint density at radius 2 is 1.58 bits per heavy atom. The molecule has 4 rings (SSSR count). The number of anilines is 2. The van der Waals surface area contributed by atoms with E-state index in [1.54, 1.807) is 24.3 Å². The van der Waals surface area contributed by atoms with Gasteiger partial charge in [0, 0.05) is 11.3 Å². The molecule has 3 amide bonds. The molecule has 1 aliphatic rings. The standard InChI is InChI=1S/C31H31F4N3O5/c32-25-15-12-23(31(33,34)35)16-26(25)37-30(43)38(24-13-10-21(11-14-24)20-4-2-1-3-5-20)18-19-6-8-22(9-7-19)28(40)36-17-27(39)29(41)42/h6-16,20,27,39H,1-5,17-18H2,(H,36,40)(H,37,43)(H,41,42)/t27-/m1/s1. The van der Waals surface area contributed by atoms with Crippen LogP contribution in [0, 0.1) is 5.82 Å². The molecule has 1 atom stereocenters. The Balaban J connectivity index is 1.56. The van der Waals surface area contributed by atoms with Gasteiger partial charge in [-0.15, -0.1) is 0 Å². The Morgan fingerprint density at radius 1 is 0.930 bits per heavy atom. The molecule has 0 bridgehead atoms. The average molecular weight is 602 g/mol. The molecule has 0 spiro atoms. The van der Waals surface area contributed by atoms with Crippen LogP contribution in [-0.2, 0) is 17.5 Å². The summed E-state index contributed by atoms with van der Waals surface area (Å²) in [4.78, 5) is 37.8. The molecule has 12 heteroatoms. The number of benzene rings is 3. The fourth-order valence-corrected chi connectivity index (χ4v) is 4.95. The van der Waals surface area contributed by atoms with Crippen LogP contribution in [-0.4, -0.2) is 40.8 Å². The van der Waals surface area contributed by atoms with E-state index in [0.29, 0.717) is 35.4 Å². The van der Waals surface area contributed by atoms with E-state index in [4.69, 9.17) is 5.11 Å². The number of aliphatic carboxylic acids is 1. The van der Waals surface area contributed by atoms with Crippen molar-refractivity contribution >= 4 is 29.3 Å². The van der Waals surface area contributed by atoms with E-state index in [0.717, 1.165) is 31.2 Å². The number of rotatable bonds is 9. The summed E-state index contributed by atoms with van der Waals surface area (Å²) in [5.74, 6) is -2.73. The van der Waals surface area contributed by atoms with E-state index in [9.17, 15) is 37.1 Å². The van der Waals surface area contributed by atoms with Gasteiger partial charge in [-0.2, -0.15) is 13.2 Å². The highest BCUT2D eigenvalue weighted by atomic mass is 19.4. The minimum Gasteiger partial charge on any atom is -0.479 e. The Morgan fingerprint density at radius 3 is 2.19 bits per heavy atom. The summed E-state index contributed by atoms with van der Waals surface area (Å²) >= 11 is 0. The van der Waals surface area contributed by atoms with Gasteiger partial charge in [0.05, 0.1) is 24.3 Å². The number of hydrogen-bond acceptors (Lipinski definition) is 4. The molecular formula is C31H31F4N3O5. The fraction of sp³-hybridized carbons (Fsp3) is 0.323. The number of nitrogens with zero attached hydrogens (tertiary/aromatic N) is 1. The number of alkyl halides is 3. The number of aliphatic hydroxyl groups is 1. The van der Waals surface area contributed by atoms with Gasteiger partial charge in [0.1, 0.15) is 5.82 Å². The van der Waals surface area contributed by atoms with Crippen molar-refractivity contribution in [2.75, 3.05) is 16.8 Å². The molecule has 1 saturated carbocycles. The molecule has 0 saturated heterocycles. The number of carboxylic acids is 1. The van der Waals surface area contributed by atoms with Crippen molar-refractivity contribution < 1.29 is 42.2 Å². The molecule has 8 nitrogen and oxygen atoms in total. The first-order valence-corrected chi connectivity index (χ1v) is 13.8. The molecule has 0 unspecified atom stereocenters. The first kappa shape index (κ1) is 31.5. The molecule has 0 heterocycles. The highest BCUT2D eigenvalue weighted by molar-refractivity contribution is 6.02. The van der Waals surface area contributed by atoms with Crippen LogP contribution in [0.15, 0.2) is 66.7 Å². The zero-order valence-electron chi connectivity index (χ0n) is 23.0. The number of halogens is 4. The fourth-order valence-electron chi connectivity index (χ4n) is 4.95. The number of hydrogen-bond donors (Lipinski definition) is 4. The molecular weight excluding hydrogens is 570 g/mol. The Kier molecular flexibility index (Phi) is 10.0. The quantitative estimate of drug-likeness (QED) is 0.215. The molecule has 1 fully saturated rings. The molecule has 0 aliphatic heterocycles. The molecule has 3 aromatic rings. The molecule has 0 aromatic heterocycles. The largest absolute Gasteiger partial charge is 0.479 e. The van der Waals surface area contributed by atoms with Gasteiger partial charge >= 0.3 is 18.2 Å². The van der Waals surface area contributed by atoms with Crippen molar-refractivity contribution in [3.05, 3.63) is 94.8 Å². The smallest absolute Gasteiger partial charge is 0.416 e. The molecule has 228 valence electrons. The second kappa shape index (κ2) is 13.7. The topological polar surface area (TPSA) is 119 Å². The summed E-state index contributed by atoms with van der Waals surface area (Å²) in [6.45, 7) is -0.568. The summed E-state index contributed by atoms with van der Waals surface area (Å²) in [6.07, 6.45) is -0.904. The van der Waals surface area contributed by atoms with E-state index in [1.165, 1.54) is 23.5 Å². The zero-order chi connectivity index (χ0) is 31.1. The number of carboxylic acid groups (broad SMARTS) is 1. The van der Waals surface area contributed by atoms with Crippen LogP contribution in [0.5, 0.6) is 0 Å². The van der Waals surface area contributed by atoms with Gasteiger partial charge in [-0.1, -0.05) is 43.5 Å². The number of carbonyl (C=O) groups is 3. The molecule has 3 aromatic carbocycles. The van der Waals surface area contributed by atoms with Crippen LogP contribution in [0.1, 0.15) is 65.1 Å². The summed E-state index contributed by atoms with van der Waals surface area (Å²) in [5.41, 5.74) is 0.514. The molecule has 4 N–H and O–H groups in total. The summed E-state index contributed by atoms with van der Waals surface area (Å²) in [6, 6.07) is 14.2. The lowest BCUT2D eigenvalue weighted by molar-refractivity contribution is -0.146. The van der Waals surface area contributed by atoms with Crippen LogP contribution in [0.2, 0.25) is 0 Å². The van der Waals surface area contributed by atoms with Crippen molar-refractivity contribution in [1.82, 2.24) is 5.32 Å². The number of carbonyl (C=O) groups excluding carboxylic acids is 2. The lowest BCUT2D eigenvalue weighted by Gasteiger charge is -2.26. The summed E-state index contributed by atoms with van der Waals surface area (Å²) < 4.78 is 54.2. The maximum Gasteiger partial charge on any atom is 0.416 e. The van der Waals surface area contributed by atoms with Gasteiger partial charge in [0.2, 0.25) is 0 Å². The SMILES string of the molecule is O=C(NC[C@@H](O)C(=O)O)c1ccc(CN(C(=O)Nc2cc(C(F)(F)F)ccc2F)c2ccc(C3CCCCC3)cc2)cc1. The average Bonchev–Trinajstić information content (AvgIpc) is 2.99. The molecule has 43 heavy (non-hydrogen) atoms. The molecule has 1 aliphatic carbocycles. The lowest BCUT2D eigenvalue weighted by Crippen LogP contribution is -2.36. The highest BCUT2D eigenvalue weighted by Crippen LogP contribution is 2.34. The van der Waals surface area contributed by atoms with Crippen molar-refractivity contribution in [2.45, 2.75) is 56.8 Å². The third-order valence-corrected chi connectivity index (χ3v) is 7.36. The number of amides is 3. The van der Waals surface area contributed by atoms with Crippen LogP contribution in [0.4, 0.5) is 33.7 Å². The van der Waals surface area contributed by atoms with Crippen LogP contribution < -0.4 is 15.5 Å². The first-order valence-electron chi connectivity index (χ1n) is 13.8. The van der Waals surface area contributed by atoms with Crippen LogP contribution in [0.25, 0.3) is 0 Å². The minimum absolute atomic E-state index is 0.0746. The first-order chi connectivity index (χ1) is 20.4. The number of aliphatic hydroxyl groups excluding tert-OH is 1. The third kappa shape index (κ3) is 8.31. The summed E-state index contributed by atoms with van der Waals surface area (Å²) in [7, 11) is 0. The minimum atomic E-state index is -4.73. The van der Waals surface area contributed by atoms with Gasteiger partial charge in [-0.05, 0) is 72.4 Å². The van der Waals surface area contributed by atoms with E-state index in [-0.39, 0.29) is 12.1 Å². The highest BCUT2D eigenvalue weighted by Gasteiger charge is 2.31. The monoisotopic (exact) mass is 601 g/mol. The lowest BCUT2D eigenvalue weighted by atomic mass is 9.84. The Bertz CT molecular complexity index is 1440.